The van der Waals surface area contributed by atoms with Crippen molar-refractivity contribution in [2.45, 2.75) is 48.5 Å². The largest absolute Gasteiger partial charge is 0.494 e. The van der Waals surface area contributed by atoms with E-state index in [1.807, 2.05) is 48.5 Å². The Labute approximate surface area is 649 Å². The first-order chi connectivity index (χ1) is 49.8. The van der Waals surface area contributed by atoms with E-state index in [0.717, 1.165) is 114 Å². The smallest absolute Gasteiger partial charge is 0.119 e. The molecule has 4 N–H and O–H groups in total. The van der Waals surface area contributed by atoms with Crippen LogP contribution in [0.1, 0.15) is 45.0 Å². The van der Waals surface area contributed by atoms with Gasteiger partial charge >= 0.3 is 0 Å². The van der Waals surface area contributed by atoms with E-state index in [-0.39, 0.29) is 75.2 Å². The molecule has 9 heterocycles. The highest BCUT2D eigenvalue weighted by Crippen LogP contribution is 2.44. The van der Waals surface area contributed by atoms with E-state index in [1.54, 1.807) is 0 Å². The maximum atomic E-state index is 6.67. The van der Waals surface area contributed by atoms with Gasteiger partial charge in [0.25, 0.3) is 0 Å². The van der Waals surface area contributed by atoms with Crippen LogP contribution in [0, 0.1) is 0 Å². The molecule has 4 aromatic carbocycles. The number of hydrogen-bond acceptors (Lipinski definition) is 4. The quantitative estimate of drug-likeness (QED) is 0.0316. The number of H-pyrrole nitrogens is 4. The van der Waals surface area contributed by atoms with E-state index >= 15 is 0 Å². The first kappa shape index (κ1) is 77.4. The highest BCUT2D eigenvalue weighted by molar-refractivity contribution is 8.03. The summed E-state index contributed by atoms with van der Waals surface area (Å²) in [6.45, 7) is 2.04. The Bertz CT molecular complexity index is 4020. The lowest BCUT2D eigenvalue weighted by Gasteiger charge is -2.25. The van der Waals surface area contributed by atoms with Crippen molar-refractivity contribution in [3.05, 3.63) is 212 Å². The van der Waals surface area contributed by atoms with Gasteiger partial charge < -0.3 is 38.9 Å². The summed E-state index contributed by atoms with van der Waals surface area (Å²) < 4.78 is 26.7. The average Bonchev–Trinajstić information content (AvgIpc) is 1.64. The van der Waals surface area contributed by atoms with Gasteiger partial charge in [0.05, 0.1) is 52.8 Å². The van der Waals surface area contributed by atoms with Gasteiger partial charge in [0, 0.05) is 323 Å². The average molecular weight is 1270 g/mol. The third-order valence-electron chi connectivity index (χ3n) is 22.5. The number of fused-ring (bicyclic) bond motifs is 8. The number of nitrogens with one attached hydrogen (secondary N) is 4. The third-order valence-corrected chi connectivity index (χ3v) is 22.5. The zero-order valence-corrected chi connectivity index (χ0v) is 58.5. The Morgan fingerprint density at radius 3 is 0.673 bits per heavy atom. The van der Waals surface area contributed by atoms with Gasteiger partial charge in [-0.1, -0.05) is 73.8 Å². The number of ether oxygens (including phenoxy) is 4. The number of aromatic nitrogens is 4. The first-order valence-corrected chi connectivity index (χ1v) is 36.1. The molecule has 4 unspecified atom stereocenters. The van der Waals surface area contributed by atoms with Crippen molar-refractivity contribution >= 4 is 306 Å². The molecule has 5 aliphatic rings. The van der Waals surface area contributed by atoms with Crippen LogP contribution in [0.25, 0.3) is 22.3 Å². The summed E-state index contributed by atoms with van der Waals surface area (Å²) in [5.74, 6) is 3.25. The van der Waals surface area contributed by atoms with E-state index < -0.39 is 76.6 Å². The number of benzene rings is 4. The van der Waals surface area contributed by atoms with Gasteiger partial charge in [0.15, 0.2) is 0 Å². The first-order valence-electron chi connectivity index (χ1n) is 36.1. The SMILES string of the molecule is [B]B([B])B([B])B(B([B])[B])B1CC1COc1cccc(C2=c3ccc([nH]3)=C(c3cccc(OCC4CB4B(B([B])[B])B([B])B([B])[B])c3)c3ccc([nH]3)C(c3cccc(OCC4CB4B(B([B])[B])B([B])B([B])[B])c3)=c3ccc([nH]3)=C(c3cccc(OCC4CB4B(B([B])[B])B([B])B([B])[B])c3)c3ccc2[nH]3)c1. The molecule has 48 heteroatoms. The Kier molecular flexibility index (Phi) is 24.7. The zero-order chi connectivity index (χ0) is 73.7. The summed E-state index contributed by atoms with van der Waals surface area (Å²) in [6, 6.07) is 49.3. The van der Waals surface area contributed by atoms with Gasteiger partial charge in [0.1, 0.15) is 23.0 Å². The highest BCUT2D eigenvalue weighted by Gasteiger charge is 2.53. The molecule has 13 rings (SSSR count). The van der Waals surface area contributed by atoms with Crippen LogP contribution in [0.4, 0.5) is 0 Å². The van der Waals surface area contributed by atoms with Gasteiger partial charge in [-0.05, 0) is 143 Å². The van der Waals surface area contributed by atoms with E-state index in [4.69, 9.17) is 174 Å². The fraction of sp³-hybridized carbons (Fsp3) is 0.214. The molecule has 5 aliphatic heterocycles. The van der Waals surface area contributed by atoms with Crippen molar-refractivity contribution in [2.24, 2.45) is 0 Å². The molecule has 0 amide bonds. The Morgan fingerprint density at radius 2 is 0.481 bits per heavy atom. The topological polar surface area (TPSA) is 100 Å². The van der Waals surface area contributed by atoms with Crippen LogP contribution in [0.3, 0.4) is 0 Å². The summed E-state index contributed by atoms with van der Waals surface area (Å²) in [5, 5.41) is 3.24. The summed E-state index contributed by atoms with van der Waals surface area (Å²) >= 11 is 0. The monoisotopic (exact) mass is 1280 g/mol. The lowest BCUT2D eigenvalue weighted by molar-refractivity contribution is 0.326. The van der Waals surface area contributed by atoms with Crippen LogP contribution in [0.2, 0.25) is 48.5 Å². The van der Waals surface area contributed by atoms with Crippen molar-refractivity contribution in [2.75, 3.05) is 26.4 Å². The van der Waals surface area contributed by atoms with Gasteiger partial charge in [-0.3, -0.25) is 0 Å². The number of aromatic amines is 4. The van der Waals surface area contributed by atoms with Crippen LogP contribution >= 0.6 is 0 Å². The molecular weight excluding hydrogens is 1230 g/mol. The molecule has 8 aromatic rings. The van der Waals surface area contributed by atoms with E-state index in [9.17, 15) is 0 Å². The minimum Gasteiger partial charge on any atom is -0.494 e. The second-order valence-corrected chi connectivity index (χ2v) is 29.9. The van der Waals surface area contributed by atoms with Crippen LogP contribution < -0.4 is 40.3 Å². The van der Waals surface area contributed by atoms with Gasteiger partial charge in [-0.15, -0.1) is 0 Å². The minimum absolute atomic E-state index is 0.100. The fourth-order valence-corrected chi connectivity index (χ4v) is 16.4. The lowest BCUT2D eigenvalue weighted by Crippen LogP contribution is -2.63. The van der Waals surface area contributed by atoms with Gasteiger partial charge in [-0.25, -0.2) is 0 Å². The zero-order valence-electron chi connectivity index (χ0n) is 58.5. The van der Waals surface area contributed by atoms with E-state index in [0.29, 0.717) is 49.4 Å². The maximum Gasteiger partial charge on any atom is 0.119 e. The predicted molar refractivity (Wildman–Crippen MR) is 480 cm³/mol. The van der Waals surface area contributed by atoms with Crippen LogP contribution in [-0.4, -0.2) is 330 Å². The molecule has 8 bridgehead atoms. The summed E-state index contributed by atoms with van der Waals surface area (Å²) in [7, 11) is 125. The van der Waals surface area contributed by atoms with Crippen LogP contribution in [-0.2, 0) is 0 Å². The van der Waals surface area contributed by atoms with Crippen molar-refractivity contribution < 1.29 is 18.9 Å². The molecule has 0 aliphatic carbocycles. The summed E-state index contributed by atoms with van der Waals surface area (Å²) in [4.78, 5) is 15.7. The summed E-state index contributed by atoms with van der Waals surface area (Å²) in [5.41, 5.74) is 10.2. The molecule has 40 radical (unpaired) electrons. The van der Waals surface area contributed by atoms with Crippen molar-refractivity contribution in [3.8, 4) is 23.0 Å². The van der Waals surface area contributed by atoms with Crippen molar-refractivity contribution in [1.82, 2.24) is 19.9 Å². The number of hydrogen-bond donors (Lipinski definition) is 4. The number of rotatable bonds is 32. The van der Waals surface area contributed by atoms with Crippen molar-refractivity contribution in [1.29, 1.82) is 0 Å². The minimum atomic E-state index is -0.771. The normalized spacial score (nSPS) is 16.7. The van der Waals surface area contributed by atoms with E-state index in [2.05, 4.69) is 117 Å². The molecule has 4 atom stereocenters. The van der Waals surface area contributed by atoms with Crippen LogP contribution in [0.15, 0.2) is 146 Å². The molecular formula is C56H48B40N4O4. The molecule has 4 aromatic heterocycles. The highest BCUT2D eigenvalue weighted by atomic mass is 16.5. The second kappa shape index (κ2) is 33.2. The third kappa shape index (κ3) is 17.5. The summed E-state index contributed by atoms with van der Waals surface area (Å²) in [6.07, 6.45) is -5.95. The molecule has 436 valence electrons. The molecule has 4 fully saturated rings. The van der Waals surface area contributed by atoms with Crippen LogP contribution in [0.5, 0.6) is 23.0 Å². The second-order valence-electron chi connectivity index (χ2n) is 29.9. The Morgan fingerprint density at radius 1 is 0.269 bits per heavy atom. The standard InChI is InChI=1S/C56H48B40N4O4/c57-81(58)89(73)93(85(65)66)77-25-37(77)29-101-41-9-1-5-33(21-41)53-45-13-15-47(97-45)54(34-6-2-10-42(22-34)102-30-38-26-78(38)94(86(67)68)90(74)82(59)60)49-17-19-51(99-49)56(36-8-4-12-44(24-36)104-32-40-28-80(40)96(88(71)72)92(76)84(63)64)52-20-18-50(100-52)55(48-16-14-46(53)98-48)35-7-3-11-43(23-35)103-31-39-27-79(39)95(87(69)70)91(75)83(61)62/h1-24,37-40,97-100H,25-32H2. The molecule has 0 saturated carbocycles. The predicted octanol–water partition coefficient (Wildman–Crippen LogP) is -6.19. The fourth-order valence-electron chi connectivity index (χ4n) is 16.4. The van der Waals surface area contributed by atoms with E-state index in [1.165, 1.54) is 0 Å². The molecule has 0 spiro atoms. The van der Waals surface area contributed by atoms with Gasteiger partial charge in [0.2, 0.25) is 0 Å². The van der Waals surface area contributed by atoms with Gasteiger partial charge in [-0.2, -0.15) is 0 Å². The molecule has 8 nitrogen and oxygen atoms in total. The maximum absolute atomic E-state index is 6.67. The van der Waals surface area contributed by atoms with Crippen molar-refractivity contribution in [3.63, 3.8) is 0 Å². The Hall–Kier alpha value is -4.72. The lowest BCUT2D eigenvalue weighted by atomic mass is 8.57. The molecule has 104 heavy (non-hydrogen) atoms. The Balaban J connectivity index is 0.935. The molecule has 4 saturated heterocycles.